The number of hydrogen-bond acceptors (Lipinski definition) is 2. The second-order valence-corrected chi connectivity index (χ2v) is 0.651. The minimum absolute atomic E-state index is 0. The summed E-state index contributed by atoms with van der Waals surface area (Å²) >= 11 is -2.86. The van der Waals surface area contributed by atoms with E-state index < -0.39 is 11.4 Å². The summed E-state index contributed by atoms with van der Waals surface area (Å²) in [5, 5.41) is 0. The molecule has 0 saturated carbocycles. The Balaban J connectivity index is 0. The van der Waals surface area contributed by atoms with E-state index in [0.29, 0.717) is 0 Å². The zero-order valence-electron chi connectivity index (χ0n) is 1.67. The van der Waals surface area contributed by atoms with Gasteiger partial charge in [0.1, 0.15) is 0 Å². The summed E-state index contributed by atoms with van der Waals surface area (Å²) < 4.78 is 24.1. The molecule has 1 atom stereocenters. The first-order valence-corrected chi connectivity index (χ1v) is 1.55. The van der Waals surface area contributed by atoms with Crippen LogP contribution in [-0.4, -0.2) is 30.9 Å². The summed E-state index contributed by atoms with van der Waals surface area (Å²) in [4.78, 5) is 0. The van der Waals surface area contributed by atoms with Crippen molar-refractivity contribution < 1.29 is 13.3 Å². The molecular formula is H5GeO3S-. The normalized spacial score (nSPS) is 12.4. The minimum atomic E-state index is -2.86. The maximum absolute atomic E-state index is 8.56. The summed E-state index contributed by atoms with van der Waals surface area (Å²) in [5.41, 5.74) is 0. The van der Waals surface area contributed by atoms with E-state index in [2.05, 4.69) is 0 Å². The fourth-order valence-corrected chi connectivity index (χ4v) is 0. The first-order chi connectivity index (χ1) is 1.73. The van der Waals surface area contributed by atoms with Gasteiger partial charge in [-0.05, 0) is 0 Å². The molecule has 5 heteroatoms. The van der Waals surface area contributed by atoms with Crippen LogP contribution in [0.4, 0.5) is 0 Å². The van der Waals surface area contributed by atoms with Crippen molar-refractivity contribution in [3.05, 3.63) is 0 Å². The summed E-state index contributed by atoms with van der Waals surface area (Å²) in [7, 11) is 0. The number of hydrogen-bond donors (Lipinski definition) is 1. The predicted octanol–water partition coefficient (Wildman–Crippen LogP) is -2.11. The topological polar surface area (TPSA) is 60.4 Å². The summed E-state index contributed by atoms with van der Waals surface area (Å²) in [5.74, 6) is 0. The summed E-state index contributed by atoms with van der Waals surface area (Å²) in [6.45, 7) is 0. The van der Waals surface area contributed by atoms with E-state index in [9.17, 15) is 0 Å². The van der Waals surface area contributed by atoms with E-state index in [-0.39, 0.29) is 17.6 Å². The van der Waals surface area contributed by atoms with Crippen LogP contribution in [-0.2, 0) is 11.4 Å². The average Bonchev–Trinajstić information content (AvgIpc) is 0.811. The Kier molecular flexibility index (Phi) is 8.44. The second kappa shape index (κ2) is 4.61. The molecule has 0 radical (unpaired) electrons. The first-order valence-electron chi connectivity index (χ1n) is 0.516. The van der Waals surface area contributed by atoms with Crippen molar-refractivity contribution in [2.24, 2.45) is 0 Å². The van der Waals surface area contributed by atoms with Crippen molar-refractivity contribution in [3.63, 3.8) is 0 Å². The monoisotopic (exact) mass is 159 g/mol. The molecule has 1 unspecified atom stereocenters. The van der Waals surface area contributed by atoms with Gasteiger partial charge in [0.25, 0.3) is 0 Å². The molecule has 0 spiro atoms. The van der Waals surface area contributed by atoms with Gasteiger partial charge in [-0.2, -0.15) is 0 Å². The zero-order valence-corrected chi connectivity index (χ0v) is 2.49. The van der Waals surface area contributed by atoms with Crippen molar-refractivity contribution in [3.8, 4) is 0 Å². The molecule has 0 fully saturated rings. The van der Waals surface area contributed by atoms with E-state index >= 15 is 0 Å². The van der Waals surface area contributed by atoms with Gasteiger partial charge in [-0.25, -0.2) is 4.21 Å². The van der Waals surface area contributed by atoms with Gasteiger partial charge in [0.05, 0.1) is 11.4 Å². The van der Waals surface area contributed by atoms with Gasteiger partial charge in [0.2, 0.25) is 0 Å². The molecule has 0 saturated heterocycles. The van der Waals surface area contributed by atoms with Crippen LogP contribution >= 0.6 is 0 Å². The molecule has 0 aromatic rings. The third-order valence-electron chi connectivity index (χ3n) is 0. The van der Waals surface area contributed by atoms with Crippen molar-refractivity contribution in [1.82, 2.24) is 0 Å². The van der Waals surface area contributed by atoms with Crippen LogP contribution < -0.4 is 0 Å². The Morgan fingerprint density at radius 3 is 1.80 bits per heavy atom. The van der Waals surface area contributed by atoms with Crippen LogP contribution in [0.25, 0.3) is 0 Å². The Hall–Kier alpha value is 0.613. The average molecular weight is 158 g/mol. The van der Waals surface area contributed by atoms with E-state index in [1.165, 1.54) is 0 Å². The van der Waals surface area contributed by atoms with Crippen molar-refractivity contribution in [2.75, 3.05) is 0 Å². The van der Waals surface area contributed by atoms with Gasteiger partial charge in [-0.3, -0.25) is 0 Å². The molecule has 3 nitrogen and oxygen atoms in total. The van der Waals surface area contributed by atoms with Gasteiger partial charge in [0.15, 0.2) is 0 Å². The van der Waals surface area contributed by atoms with Gasteiger partial charge < -0.3 is 9.11 Å². The molecule has 5 heavy (non-hydrogen) atoms. The third-order valence-corrected chi connectivity index (χ3v) is 0. The maximum atomic E-state index is 8.56. The molecule has 0 aromatic carbocycles. The van der Waals surface area contributed by atoms with Gasteiger partial charge in [-0.15, -0.1) is 0 Å². The van der Waals surface area contributed by atoms with Gasteiger partial charge in [0, 0.05) is 0 Å². The van der Waals surface area contributed by atoms with Crippen LogP contribution in [0.1, 0.15) is 0 Å². The van der Waals surface area contributed by atoms with Crippen LogP contribution in [0.5, 0.6) is 0 Å². The van der Waals surface area contributed by atoms with Crippen LogP contribution in [0.2, 0.25) is 0 Å². The van der Waals surface area contributed by atoms with Crippen LogP contribution in [0, 0.1) is 0 Å². The molecule has 0 aromatic heterocycles. The quantitative estimate of drug-likeness (QED) is 0.324. The molecule has 0 bridgehead atoms. The molecule has 1 N–H and O–H groups in total. The molecule has 0 amide bonds. The Labute approximate surface area is 42.9 Å². The SMILES string of the molecule is O=S([O-])O.[GeH4]. The first kappa shape index (κ1) is 9.15. The van der Waals surface area contributed by atoms with Gasteiger partial charge in [-0.1, -0.05) is 0 Å². The molecule has 0 aliphatic heterocycles. The molecule has 0 rings (SSSR count). The van der Waals surface area contributed by atoms with E-state index in [0.717, 1.165) is 0 Å². The summed E-state index contributed by atoms with van der Waals surface area (Å²) in [6.07, 6.45) is 0. The van der Waals surface area contributed by atoms with E-state index in [4.69, 9.17) is 13.3 Å². The molecule has 0 aliphatic carbocycles. The third kappa shape index (κ3) is 83.8. The number of rotatable bonds is 0. The van der Waals surface area contributed by atoms with Crippen molar-refractivity contribution >= 4 is 29.0 Å². The Bertz CT molecular complexity index is 29.9. The fraction of sp³-hybridized carbons (Fsp3) is 0. The van der Waals surface area contributed by atoms with Gasteiger partial charge >= 0.3 is 17.6 Å². The molecule has 0 aliphatic rings. The Morgan fingerprint density at radius 2 is 1.80 bits per heavy atom. The molecule has 0 heterocycles. The fourth-order valence-electron chi connectivity index (χ4n) is 0. The second-order valence-electron chi connectivity index (χ2n) is 0.217. The van der Waals surface area contributed by atoms with Crippen LogP contribution in [0.15, 0.2) is 0 Å². The molecule has 34 valence electrons. The van der Waals surface area contributed by atoms with E-state index in [1.807, 2.05) is 0 Å². The predicted molar refractivity (Wildman–Crippen MR) is 22.9 cm³/mol. The zero-order chi connectivity index (χ0) is 3.58. The Morgan fingerprint density at radius 1 is 1.80 bits per heavy atom. The molecular weight excluding hydrogens is 153 g/mol. The van der Waals surface area contributed by atoms with E-state index in [1.54, 1.807) is 0 Å². The summed E-state index contributed by atoms with van der Waals surface area (Å²) in [6, 6.07) is 0. The van der Waals surface area contributed by atoms with Crippen molar-refractivity contribution in [2.45, 2.75) is 0 Å². The van der Waals surface area contributed by atoms with Crippen molar-refractivity contribution in [1.29, 1.82) is 0 Å². The standard InChI is InChI=1S/GeH4.H2O3S/c;1-4(2)3/h1H4;(H2,1,2,3)/p-1. The van der Waals surface area contributed by atoms with Crippen LogP contribution in [0.3, 0.4) is 0 Å².